The van der Waals surface area contributed by atoms with Crippen LogP contribution in [0.1, 0.15) is 38.8 Å². The summed E-state index contributed by atoms with van der Waals surface area (Å²) >= 11 is 0. The summed E-state index contributed by atoms with van der Waals surface area (Å²) in [5, 5.41) is 3.59. The molecule has 0 fully saturated rings. The van der Waals surface area contributed by atoms with Crippen LogP contribution in [0.15, 0.2) is 54.6 Å². The highest BCUT2D eigenvalue weighted by Crippen LogP contribution is 2.30. The van der Waals surface area contributed by atoms with E-state index in [1.54, 1.807) is 0 Å². The van der Waals surface area contributed by atoms with E-state index in [0.29, 0.717) is 6.04 Å². The second kappa shape index (κ2) is 6.99. The summed E-state index contributed by atoms with van der Waals surface area (Å²) in [6.45, 7) is 6.28. The van der Waals surface area contributed by atoms with Crippen LogP contribution in [-0.4, -0.2) is 6.10 Å². The summed E-state index contributed by atoms with van der Waals surface area (Å²) in [5.41, 5.74) is 2.35. The molecule has 20 heavy (non-hydrogen) atoms. The second-order valence-corrected chi connectivity index (χ2v) is 5.18. The van der Waals surface area contributed by atoms with Crippen LogP contribution in [0.2, 0.25) is 0 Å². The van der Waals surface area contributed by atoms with Crippen molar-refractivity contribution in [2.24, 2.45) is 0 Å². The van der Waals surface area contributed by atoms with Gasteiger partial charge in [0.05, 0.1) is 17.8 Å². The maximum Gasteiger partial charge on any atom is 0.142 e. The third-order valence-electron chi connectivity index (χ3n) is 3.19. The minimum Gasteiger partial charge on any atom is -0.489 e. The highest BCUT2D eigenvalue weighted by atomic mass is 16.5. The topological polar surface area (TPSA) is 21.3 Å². The van der Waals surface area contributed by atoms with Crippen molar-refractivity contribution in [3.63, 3.8) is 0 Å². The monoisotopic (exact) mass is 269 g/mol. The molecule has 2 aromatic rings. The molecule has 0 aromatic heterocycles. The molecule has 0 aliphatic carbocycles. The molecule has 0 saturated heterocycles. The Morgan fingerprint density at radius 1 is 0.950 bits per heavy atom. The van der Waals surface area contributed by atoms with Gasteiger partial charge in [-0.1, -0.05) is 49.4 Å². The minimum absolute atomic E-state index is 0.176. The molecule has 0 radical (unpaired) electrons. The van der Waals surface area contributed by atoms with Gasteiger partial charge >= 0.3 is 0 Å². The number of nitrogens with one attached hydrogen (secondary N) is 1. The summed E-state index contributed by atoms with van der Waals surface area (Å²) < 4.78 is 5.86. The summed E-state index contributed by atoms with van der Waals surface area (Å²) in [4.78, 5) is 0. The van der Waals surface area contributed by atoms with E-state index in [4.69, 9.17) is 4.74 Å². The molecule has 1 N–H and O–H groups in total. The van der Waals surface area contributed by atoms with Crippen LogP contribution in [0, 0.1) is 0 Å². The fraction of sp³-hybridized carbons (Fsp3) is 0.333. The van der Waals surface area contributed by atoms with E-state index in [2.05, 4.69) is 42.6 Å². The molecule has 2 rings (SSSR count). The lowest BCUT2D eigenvalue weighted by Crippen LogP contribution is -2.12. The molecular weight excluding hydrogens is 246 g/mol. The first kappa shape index (κ1) is 14.4. The number of hydrogen-bond donors (Lipinski definition) is 1. The Balaban J connectivity index is 2.20. The third kappa shape index (κ3) is 3.77. The van der Waals surface area contributed by atoms with E-state index in [9.17, 15) is 0 Å². The van der Waals surface area contributed by atoms with Crippen LogP contribution in [0.25, 0.3) is 0 Å². The molecule has 2 heteroatoms. The van der Waals surface area contributed by atoms with Crippen molar-refractivity contribution < 1.29 is 4.74 Å². The van der Waals surface area contributed by atoms with Gasteiger partial charge < -0.3 is 10.1 Å². The molecule has 0 heterocycles. The van der Waals surface area contributed by atoms with Gasteiger partial charge in [-0.3, -0.25) is 0 Å². The highest BCUT2D eigenvalue weighted by Gasteiger charge is 2.12. The van der Waals surface area contributed by atoms with Crippen molar-refractivity contribution in [1.29, 1.82) is 0 Å². The summed E-state index contributed by atoms with van der Waals surface area (Å²) in [7, 11) is 0. The lowest BCUT2D eigenvalue weighted by molar-refractivity contribution is 0.243. The molecule has 0 spiro atoms. The maximum atomic E-state index is 5.86. The van der Waals surface area contributed by atoms with Crippen LogP contribution in [0.4, 0.5) is 5.69 Å². The first-order chi connectivity index (χ1) is 9.70. The number of ether oxygens (including phenoxy) is 1. The highest BCUT2D eigenvalue weighted by molar-refractivity contribution is 5.57. The molecule has 2 aromatic carbocycles. The van der Waals surface area contributed by atoms with Gasteiger partial charge in [-0.25, -0.2) is 0 Å². The standard InChI is InChI=1S/C18H23NO/c1-4-16(15-10-6-5-7-11-15)19-17-12-8-9-13-18(17)20-14(2)3/h5-14,16,19H,4H2,1-3H3. The largest absolute Gasteiger partial charge is 0.489 e. The third-order valence-corrected chi connectivity index (χ3v) is 3.19. The molecule has 1 atom stereocenters. The first-order valence-electron chi connectivity index (χ1n) is 7.28. The molecule has 1 unspecified atom stereocenters. The second-order valence-electron chi connectivity index (χ2n) is 5.18. The van der Waals surface area contributed by atoms with Gasteiger partial charge in [0.1, 0.15) is 5.75 Å². The van der Waals surface area contributed by atoms with Crippen molar-refractivity contribution in [2.75, 3.05) is 5.32 Å². The van der Waals surface area contributed by atoms with Crippen molar-refractivity contribution in [3.8, 4) is 5.75 Å². The first-order valence-corrected chi connectivity index (χ1v) is 7.28. The zero-order chi connectivity index (χ0) is 14.4. The maximum absolute atomic E-state index is 5.86. The van der Waals surface area contributed by atoms with Crippen LogP contribution in [0.3, 0.4) is 0 Å². The summed E-state index contributed by atoms with van der Waals surface area (Å²) in [6, 6.07) is 19.0. The Morgan fingerprint density at radius 3 is 2.25 bits per heavy atom. The van der Waals surface area contributed by atoms with Crippen molar-refractivity contribution >= 4 is 5.69 Å². The van der Waals surface area contributed by atoms with Crippen molar-refractivity contribution in [2.45, 2.75) is 39.3 Å². The Bertz CT molecular complexity index is 522. The normalized spacial score (nSPS) is 12.2. The van der Waals surface area contributed by atoms with E-state index in [0.717, 1.165) is 17.9 Å². The minimum atomic E-state index is 0.176. The predicted octanol–water partition coefficient (Wildman–Crippen LogP) is 5.04. The molecular formula is C18H23NO. The Morgan fingerprint density at radius 2 is 1.60 bits per heavy atom. The fourth-order valence-corrected chi connectivity index (χ4v) is 2.24. The van der Waals surface area contributed by atoms with Crippen LogP contribution >= 0.6 is 0 Å². The molecule has 0 aliphatic heterocycles. The average molecular weight is 269 g/mol. The van der Waals surface area contributed by atoms with Crippen molar-refractivity contribution in [1.82, 2.24) is 0 Å². The van der Waals surface area contributed by atoms with E-state index < -0.39 is 0 Å². The fourth-order valence-electron chi connectivity index (χ4n) is 2.24. The van der Waals surface area contributed by atoms with Gasteiger partial charge in [-0.05, 0) is 38.0 Å². The van der Waals surface area contributed by atoms with E-state index in [-0.39, 0.29) is 6.10 Å². The smallest absolute Gasteiger partial charge is 0.142 e. The molecule has 0 bridgehead atoms. The lowest BCUT2D eigenvalue weighted by Gasteiger charge is -2.22. The van der Waals surface area contributed by atoms with Crippen LogP contribution in [-0.2, 0) is 0 Å². The van der Waals surface area contributed by atoms with E-state index in [1.807, 2.05) is 38.1 Å². The van der Waals surface area contributed by atoms with E-state index in [1.165, 1.54) is 5.56 Å². The Kier molecular flexibility index (Phi) is 5.05. The molecule has 2 nitrogen and oxygen atoms in total. The zero-order valence-corrected chi connectivity index (χ0v) is 12.5. The molecule has 0 amide bonds. The Labute approximate surface area is 121 Å². The van der Waals surface area contributed by atoms with Crippen molar-refractivity contribution in [3.05, 3.63) is 60.2 Å². The Hall–Kier alpha value is -1.96. The zero-order valence-electron chi connectivity index (χ0n) is 12.5. The van der Waals surface area contributed by atoms with Crippen LogP contribution in [0.5, 0.6) is 5.75 Å². The SMILES string of the molecule is CCC(Nc1ccccc1OC(C)C)c1ccccc1. The quantitative estimate of drug-likeness (QED) is 0.793. The lowest BCUT2D eigenvalue weighted by atomic mass is 10.0. The molecule has 106 valence electrons. The van der Waals surface area contributed by atoms with Gasteiger partial charge in [0.15, 0.2) is 0 Å². The summed E-state index contributed by atoms with van der Waals surface area (Å²) in [5.74, 6) is 0.914. The van der Waals surface area contributed by atoms with Crippen LogP contribution < -0.4 is 10.1 Å². The van der Waals surface area contributed by atoms with Gasteiger partial charge in [-0.15, -0.1) is 0 Å². The molecule has 0 saturated carbocycles. The van der Waals surface area contributed by atoms with Gasteiger partial charge in [0.2, 0.25) is 0 Å². The average Bonchev–Trinajstić information content (AvgIpc) is 2.46. The van der Waals surface area contributed by atoms with E-state index >= 15 is 0 Å². The van der Waals surface area contributed by atoms with Gasteiger partial charge in [0.25, 0.3) is 0 Å². The number of rotatable bonds is 6. The van der Waals surface area contributed by atoms with Gasteiger partial charge in [0, 0.05) is 0 Å². The van der Waals surface area contributed by atoms with Gasteiger partial charge in [-0.2, -0.15) is 0 Å². The molecule has 0 aliphatic rings. The number of benzene rings is 2. The predicted molar refractivity (Wildman–Crippen MR) is 85.3 cm³/mol. The number of hydrogen-bond acceptors (Lipinski definition) is 2. The number of anilines is 1. The number of para-hydroxylation sites is 2. The summed E-state index contributed by atoms with van der Waals surface area (Å²) in [6.07, 6.45) is 1.20.